The predicted molar refractivity (Wildman–Crippen MR) is 138 cm³/mol. The van der Waals surface area contributed by atoms with Crippen LogP contribution in [0.5, 0.6) is 11.6 Å². The van der Waals surface area contributed by atoms with Crippen molar-refractivity contribution >= 4 is 17.7 Å². The van der Waals surface area contributed by atoms with Gasteiger partial charge in [-0.05, 0) is 42.3 Å². The molecule has 5 aromatic rings. The number of aromatic nitrogens is 4. The van der Waals surface area contributed by atoms with Crippen LogP contribution in [0.3, 0.4) is 0 Å². The highest BCUT2D eigenvalue weighted by Gasteiger charge is 2.25. The van der Waals surface area contributed by atoms with Crippen molar-refractivity contribution in [3.05, 3.63) is 108 Å². The van der Waals surface area contributed by atoms with E-state index < -0.39 is 6.09 Å². The monoisotopic (exact) mass is 498 g/mol. The lowest BCUT2D eigenvalue weighted by molar-refractivity contribution is 0.192. The maximum atomic E-state index is 13.0. The topological polar surface area (TPSA) is 71.2 Å². The molecule has 0 aliphatic rings. The van der Waals surface area contributed by atoms with Gasteiger partial charge in [0.2, 0.25) is 5.88 Å². The van der Waals surface area contributed by atoms with Crippen LogP contribution in [0.4, 0.5) is 4.79 Å². The zero-order valence-electron chi connectivity index (χ0n) is 19.5. The molecule has 0 spiro atoms. The summed E-state index contributed by atoms with van der Waals surface area (Å²) in [6.45, 7) is 2.53. The molecule has 2 heterocycles. The Hall–Kier alpha value is -4.36. The average Bonchev–Trinajstić information content (AvgIpc) is 3.50. The summed E-state index contributed by atoms with van der Waals surface area (Å²) in [5, 5.41) is 9.56. The number of nitrogens with zero attached hydrogens (tertiary/aromatic N) is 4. The van der Waals surface area contributed by atoms with Crippen molar-refractivity contribution in [1.82, 2.24) is 19.6 Å². The number of ether oxygens (including phenoxy) is 2. The van der Waals surface area contributed by atoms with Crippen molar-refractivity contribution < 1.29 is 14.3 Å². The molecule has 180 valence electrons. The number of carbonyl (C=O) groups is 1. The normalized spacial score (nSPS) is 10.8. The van der Waals surface area contributed by atoms with Crippen molar-refractivity contribution in [2.45, 2.75) is 13.5 Å². The molecule has 0 N–H and O–H groups in total. The Morgan fingerprint density at radius 2 is 1.61 bits per heavy atom. The summed E-state index contributed by atoms with van der Waals surface area (Å²) in [7, 11) is 0. The van der Waals surface area contributed by atoms with Gasteiger partial charge in [-0.3, -0.25) is 0 Å². The average molecular weight is 499 g/mol. The van der Waals surface area contributed by atoms with Crippen molar-refractivity contribution in [3.8, 4) is 34.0 Å². The SMILES string of the molecule is Cc1cnn(C(=O)Oc2c(-c3ccc(Cl)cc3)c(-c3ccccc3)nn2CCOc2ccccc2)c1. The van der Waals surface area contributed by atoms with Gasteiger partial charge in [-0.25, -0.2) is 9.48 Å². The number of para-hydroxylation sites is 1. The van der Waals surface area contributed by atoms with Crippen LogP contribution in [-0.4, -0.2) is 32.3 Å². The fourth-order valence-corrected chi connectivity index (χ4v) is 3.91. The van der Waals surface area contributed by atoms with Gasteiger partial charge < -0.3 is 9.47 Å². The molecule has 8 heteroatoms. The number of halogens is 1. The smallest absolute Gasteiger partial charge is 0.441 e. The fraction of sp³-hybridized carbons (Fsp3) is 0.107. The van der Waals surface area contributed by atoms with E-state index in [0.29, 0.717) is 35.3 Å². The van der Waals surface area contributed by atoms with Gasteiger partial charge in [-0.1, -0.05) is 72.3 Å². The van der Waals surface area contributed by atoms with Crippen molar-refractivity contribution in [2.24, 2.45) is 0 Å². The lowest BCUT2D eigenvalue weighted by Crippen LogP contribution is -2.20. The molecule has 36 heavy (non-hydrogen) atoms. The number of carbonyl (C=O) groups excluding carboxylic acids is 1. The summed E-state index contributed by atoms with van der Waals surface area (Å²) in [5.74, 6) is 1.04. The molecule has 0 amide bonds. The largest absolute Gasteiger partial charge is 0.492 e. The molecule has 0 bridgehead atoms. The van der Waals surface area contributed by atoms with Gasteiger partial charge in [0.1, 0.15) is 18.1 Å². The van der Waals surface area contributed by atoms with Gasteiger partial charge in [-0.15, -0.1) is 0 Å². The zero-order valence-corrected chi connectivity index (χ0v) is 20.3. The second kappa shape index (κ2) is 10.5. The quantitative estimate of drug-likeness (QED) is 0.256. The molecule has 0 aliphatic heterocycles. The van der Waals surface area contributed by atoms with E-state index in [0.717, 1.165) is 22.4 Å². The van der Waals surface area contributed by atoms with E-state index in [2.05, 4.69) is 5.10 Å². The van der Waals surface area contributed by atoms with Gasteiger partial charge >= 0.3 is 6.09 Å². The molecular formula is C28H23ClN4O3. The maximum Gasteiger partial charge on any atom is 0.441 e. The van der Waals surface area contributed by atoms with E-state index in [1.807, 2.05) is 79.7 Å². The Balaban J connectivity index is 1.58. The minimum atomic E-state index is -0.636. The molecule has 0 saturated carbocycles. The number of hydrogen-bond donors (Lipinski definition) is 0. The second-order valence-electron chi connectivity index (χ2n) is 8.12. The van der Waals surface area contributed by atoms with E-state index >= 15 is 0 Å². The molecular weight excluding hydrogens is 476 g/mol. The van der Waals surface area contributed by atoms with Crippen molar-refractivity contribution in [2.75, 3.05) is 6.61 Å². The summed E-state index contributed by atoms with van der Waals surface area (Å²) in [5.41, 5.74) is 3.90. The zero-order chi connectivity index (χ0) is 24.9. The summed E-state index contributed by atoms with van der Waals surface area (Å²) in [6.07, 6.45) is 2.58. The third kappa shape index (κ3) is 5.16. The summed E-state index contributed by atoms with van der Waals surface area (Å²) in [4.78, 5) is 13.0. The Kier molecular flexibility index (Phi) is 6.82. The van der Waals surface area contributed by atoms with Crippen LogP contribution < -0.4 is 9.47 Å². The number of benzene rings is 3. The minimum absolute atomic E-state index is 0.297. The molecule has 5 rings (SSSR count). The van der Waals surface area contributed by atoms with E-state index in [4.69, 9.17) is 26.2 Å². The number of aryl methyl sites for hydroxylation is 1. The van der Waals surface area contributed by atoms with Gasteiger partial charge in [-0.2, -0.15) is 14.9 Å². The molecule has 3 aromatic carbocycles. The van der Waals surface area contributed by atoms with Crippen molar-refractivity contribution in [3.63, 3.8) is 0 Å². The van der Waals surface area contributed by atoms with Crippen LogP contribution in [0.15, 0.2) is 97.3 Å². The van der Waals surface area contributed by atoms with Gasteiger partial charge in [0.05, 0.1) is 18.3 Å². The minimum Gasteiger partial charge on any atom is -0.492 e. The Bertz CT molecular complexity index is 1460. The molecule has 0 saturated heterocycles. The van der Waals surface area contributed by atoms with E-state index in [1.54, 1.807) is 29.2 Å². The highest BCUT2D eigenvalue weighted by atomic mass is 35.5. The third-order valence-electron chi connectivity index (χ3n) is 5.48. The fourth-order valence-electron chi connectivity index (χ4n) is 3.79. The Morgan fingerprint density at radius 3 is 2.28 bits per heavy atom. The van der Waals surface area contributed by atoms with Crippen LogP contribution in [0, 0.1) is 6.92 Å². The molecule has 0 fully saturated rings. The second-order valence-corrected chi connectivity index (χ2v) is 8.55. The van der Waals surface area contributed by atoms with Gasteiger partial charge in [0, 0.05) is 16.8 Å². The standard InChI is InChI=1S/C28H23ClN4O3/c1-20-18-30-33(19-20)28(34)36-27-25(21-12-14-23(29)15-13-21)26(22-8-4-2-5-9-22)31-32(27)16-17-35-24-10-6-3-7-11-24/h2-15,18-19H,16-17H2,1H3. The molecule has 2 aromatic heterocycles. The predicted octanol–water partition coefficient (Wildman–Crippen LogP) is 6.50. The van der Waals surface area contributed by atoms with Crippen LogP contribution in [-0.2, 0) is 6.54 Å². The molecule has 0 atom stereocenters. The molecule has 7 nitrogen and oxygen atoms in total. The highest BCUT2D eigenvalue weighted by molar-refractivity contribution is 6.30. The Labute approximate surface area is 213 Å². The molecule has 0 radical (unpaired) electrons. The first kappa shape index (κ1) is 23.4. The first-order valence-electron chi connectivity index (χ1n) is 11.4. The van der Waals surface area contributed by atoms with Crippen LogP contribution in [0.25, 0.3) is 22.4 Å². The first-order valence-corrected chi connectivity index (χ1v) is 11.8. The first-order chi connectivity index (χ1) is 17.6. The van der Waals surface area contributed by atoms with Crippen LogP contribution in [0.1, 0.15) is 5.56 Å². The summed E-state index contributed by atoms with van der Waals surface area (Å²) >= 11 is 6.16. The third-order valence-corrected chi connectivity index (χ3v) is 5.74. The van der Waals surface area contributed by atoms with E-state index in [1.165, 1.54) is 4.68 Å². The number of rotatable bonds is 7. The summed E-state index contributed by atoms with van der Waals surface area (Å²) < 4.78 is 14.7. The van der Waals surface area contributed by atoms with Crippen molar-refractivity contribution in [1.29, 1.82) is 0 Å². The number of hydrogen-bond acceptors (Lipinski definition) is 5. The Morgan fingerprint density at radius 1 is 0.917 bits per heavy atom. The summed E-state index contributed by atoms with van der Waals surface area (Å²) in [6, 6.07) is 26.6. The van der Waals surface area contributed by atoms with Gasteiger partial charge in [0.15, 0.2) is 0 Å². The maximum absolute atomic E-state index is 13.0. The lowest BCUT2D eigenvalue weighted by Gasteiger charge is -2.11. The van der Waals surface area contributed by atoms with E-state index in [9.17, 15) is 4.79 Å². The highest BCUT2D eigenvalue weighted by Crippen LogP contribution is 2.40. The molecule has 0 aliphatic carbocycles. The van der Waals surface area contributed by atoms with Gasteiger partial charge in [0.25, 0.3) is 0 Å². The van der Waals surface area contributed by atoms with E-state index in [-0.39, 0.29) is 0 Å². The van der Waals surface area contributed by atoms with Crippen LogP contribution in [0.2, 0.25) is 5.02 Å². The molecule has 0 unspecified atom stereocenters. The van der Waals surface area contributed by atoms with Crippen LogP contribution >= 0.6 is 11.6 Å². The lowest BCUT2D eigenvalue weighted by atomic mass is 10.0.